The van der Waals surface area contributed by atoms with Gasteiger partial charge >= 0.3 is 0 Å². The van der Waals surface area contributed by atoms with Crippen LogP contribution in [0.25, 0.3) is 0 Å². The highest BCUT2D eigenvalue weighted by Gasteiger charge is 2.54. The maximum Gasteiger partial charge on any atom is 0.246 e. The molecule has 0 aliphatic carbocycles. The van der Waals surface area contributed by atoms with Gasteiger partial charge in [-0.05, 0) is 48.9 Å². The van der Waals surface area contributed by atoms with E-state index in [4.69, 9.17) is 11.6 Å². The summed E-state index contributed by atoms with van der Waals surface area (Å²) in [4.78, 5) is 15.0. The highest BCUT2D eigenvalue weighted by atomic mass is 79.9. The topological polar surface area (TPSA) is 44.4 Å². The van der Waals surface area contributed by atoms with Gasteiger partial charge in [-0.3, -0.25) is 10.2 Å². The van der Waals surface area contributed by atoms with Crippen LogP contribution in [-0.2, 0) is 4.79 Å². The summed E-state index contributed by atoms with van der Waals surface area (Å²) in [5.41, 5.74) is 8.38. The molecular weight excluding hydrogens is 390 g/mol. The van der Waals surface area contributed by atoms with Crippen molar-refractivity contribution in [3.8, 4) is 0 Å². The van der Waals surface area contributed by atoms with Gasteiger partial charge in [0.15, 0.2) is 0 Å². The molecule has 2 aliphatic heterocycles. The quantitative estimate of drug-likeness (QED) is 0.800. The monoisotopic (exact) mass is 405 g/mol. The highest BCUT2D eigenvalue weighted by molar-refractivity contribution is 9.10. The number of nitrogens with zero attached hydrogens (tertiary/aromatic N) is 1. The van der Waals surface area contributed by atoms with E-state index >= 15 is 0 Å². The smallest absolute Gasteiger partial charge is 0.246 e. The predicted octanol–water partition coefficient (Wildman–Crippen LogP) is 3.67. The van der Waals surface area contributed by atoms with E-state index in [0.29, 0.717) is 5.02 Å². The lowest BCUT2D eigenvalue weighted by atomic mass is 9.87. The number of carbonyl (C=O) groups excluding carboxylic acids is 1. The second-order valence-electron chi connectivity index (χ2n) is 6.31. The van der Waals surface area contributed by atoms with E-state index in [-0.39, 0.29) is 30.0 Å². The molecule has 4 rings (SSSR count). The van der Waals surface area contributed by atoms with Gasteiger partial charge in [0.2, 0.25) is 5.91 Å². The molecule has 0 aromatic heterocycles. The summed E-state index contributed by atoms with van der Waals surface area (Å²) >= 11 is 9.50. The van der Waals surface area contributed by atoms with Crippen LogP contribution in [0.1, 0.15) is 18.5 Å². The van der Waals surface area contributed by atoms with E-state index in [9.17, 15) is 4.79 Å². The number of hydrazine groups is 1. The minimum Gasteiger partial charge on any atom is -0.303 e. The van der Waals surface area contributed by atoms with Crippen molar-refractivity contribution in [1.82, 2.24) is 10.9 Å². The molecule has 1 amide bonds. The summed E-state index contributed by atoms with van der Waals surface area (Å²) in [6, 6.07) is 15.6. The zero-order chi connectivity index (χ0) is 16.8. The minimum absolute atomic E-state index is 0.0292. The molecule has 24 heavy (non-hydrogen) atoms. The lowest BCUT2D eigenvalue weighted by Gasteiger charge is -2.30. The zero-order valence-electron chi connectivity index (χ0n) is 13.0. The van der Waals surface area contributed by atoms with Crippen LogP contribution in [-0.4, -0.2) is 18.0 Å². The van der Waals surface area contributed by atoms with Gasteiger partial charge in [-0.2, -0.15) is 0 Å². The van der Waals surface area contributed by atoms with Gasteiger partial charge < -0.3 is 4.90 Å². The van der Waals surface area contributed by atoms with Crippen LogP contribution in [0.4, 0.5) is 5.69 Å². The molecule has 0 radical (unpaired) electrons. The highest BCUT2D eigenvalue weighted by Crippen LogP contribution is 2.44. The van der Waals surface area contributed by atoms with Crippen molar-refractivity contribution in [2.24, 2.45) is 5.92 Å². The third-order valence-electron chi connectivity index (χ3n) is 4.89. The fourth-order valence-electron chi connectivity index (χ4n) is 3.76. The molecule has 4 nitrogen and oxygen atoms in total. The molecule has 2 aromatic carbocycles. The third-order valence-corrected chi connectivity index (χ3v) is 5.67. The van der Waals surface area contributed by atoms with E-state index < -0.39 is 0 Å². The van der Waals surface area contributed by atoms with Crippen LogP contribution < -0.4 is 15.8 Å². The lowest BCUT2D eigenvalue weighted by molar-refractivity contribution is -0.119. The number of amides is 1. The normalized spacial score (nSPS) is 29.1. The van der Waals surface area contributed by atoms with Crippen molar-refractivity contribution in [2.45, 2.75) is 25.0 Å². The van der Waals surface area contributed by atoms with E-state index in [0.717, 1.165) is 15.7 Å². The molecule has 0 saturated carbocycles. The van der Waals surface area contributed by atoms with Crippen molar-refractivity contribution in [3.05, 3.63) is 63.6 Å². The largest absolute Gasteiger partial charge is 0.303 e. The van der Waals surface area contributed by atoms with Gasteiger partial charge in [-0.1, -0.05) is 39.7 Å². The Morgan fingerprint density at radius 2 is 1.71 bits per heavy atom. The van der Waals surface area contributed by atoms with Gasteiger partial charge in [0.25, 0.3) is 0 Å². The van der Waals surface area contributed by atoms with Crippen LogP contribution in [0, 0.1) is 5.92 Å². The number of rotatable bonds is 2. The Morgan fingerprint density at radius 1 is 1.04 bits per heavy atom. The Bertz CT molecular complexity index is 765. The molecule has 2 aliphatic rings. The summed E-state index contributed by atoms with van der Waals surface area (Å²) in [5.74, 6) is 0.251. The molecule has 2 aromatic rings. The van der Waals surface area contributed by atoms with Crippen molar-refractivity contribution in [2.75, 3.05) is 4.90 Å². The van der Waals surface area contributed by atoms with E-state index in [1.54, 1.807) is 0 Å². The number of halogens is 2. The van der Waals surface area contributed by atoms with Crippen molar-refractivity contribution in [3.63, 3.8) is 0 Å². The Hall–Kier alpha value is -1.40. The van der Waals surface area contributed by atoms with Gasteiger partial charge in [0.05, 0.1) is 6.04 Å². The van der Waals surface area contributed by atoms with Crippen LogP contribution in [0.2, 0.25) is 5.02 Å². The maximum atomic E-state index is 13.1. The molecule has 2 fully saturated rings. The fourth-order valence-corrected chi connectivity index (χ4v) is 4.15. The fraction of sp³-hybridized carbons (Fsp3) is 0.278. The van der Waals surface area contributed by atoms with Crippen molar-refractivity contribution < 1.29 is 4.79 Å². The average Bonchev–Trinajstić information content (AvgIpc) is 3.09. The van der Waals surface area contributed by atoms with Crippen LogP contribution >= 0.6 is 27.5 Å². The molecule has 2 N–H and O–H groups in total. The molecule has 124 valence electrons. The second kappa shape index (κ2) is 6.15. The molecule has 2 saturated heterocycles. The standard InChI is InChI=1S/C18H17BrClN3O/c1-10-15-16(22-21-10)18(24)23(14-8-4-12(19)5-9-14)17(15)11-2-6-13(20)7-3-11/h2-10,15-17,21-22H,1H3. The number of hydrogen-bond donors (Lipinski definition) is 2. The Morgan fingerprint density at radius 3 is 2.38 bits per heavy atom. The van der Waals surface area contributed by atoms with Crippen LogP contribution in [0.3, 0.4) is 0 Å². The summed E-state index contributed by atoms with van der Waals surface area (Å²) < 4.78 is 0.995. The first-order valence-corrected chi connectivity index (χ1v) is 9.08. The molecule has 4 atom stereocenters. The van der Waals surface area contributed by atoms with Crippen LogP contribution in [0.15, 0.2) is 53.0 Å². The summed E-state index contributed by atoms with van der Waals surface area (Å²) in [5, 5.41) is 0.700. The molecule has 0 spiro atoms. The number of fused-ring (bicyclic) bond motifs is 1. The summed E-state index contributed by atoms with van der Waals surface area (Å²) in [6.07, 6.45) is 0. The van der Waals surface area contributed by atoms with Gasteiger partial charge in [-0.15, -0.1) is 0 Å². The summed E-state index contributed by atoms with van der Waals surface area (Å²) in [6.45, 7) is 2.11. The second-order valence-corrected chi connectivity index (χ2v) is 7.67. The van der Waals surface area contributed by atoms with Crippen molar-refractivity contribution in [1.29, 1.82) is 0 Å². The first-order valence-electron chi connectivity index (χ1n) is 7.91. The van der Waals surface area contributed by atoms with Gasteiger partial charge in [-0.25, -0.2) is 5.43 Å². The first kappa shape index (κ1) is 16.1. The maximum absolute atomic E-state index is 13.1. The first-order chi connectivity index (χ1) is 11.6. The SMILES string of the molecule is CC1NNC2C(=O)N(c3ccc(Br)cc3)C(c3ccc(Cl)cc3)C12. The minimum atomic E-state index is -0.218. The van der Waals surface area contributed by atoms with Crippen molar-refractivity contribution >= 4 is 39.1 Å². The Kier molecular flexibility index (Phi) is 4.12. The van der Waals surface area contributed by atoms with Gasteiger partial charge in [0.1, 0.15) is 6.04 Å². The van der Waals surface area contributed by atoms with E-state index in [1.165, 1.54) is 0 Å². The summed E-state index contributed by atoms with van der Waals surface area (Å²) in [7, 11) is 0. The Labute approximate surface area is 154 Å². The third kappa shape index (κ3) is 2.56. The number of benzene rings is 2. The molecule has 6 heteroatoms. The zero-order valence-corrected chi connectivity index (χ0v) is 15.4. The lowest BCUT2D eigenvalue weighted by Crippen LogP contribution is -2.42. The van der Waals surface area contributed by atoms with E-state index in [2.05, 4.69) is 33.7 Å². The molecule has 0 bridgehead atoms. The van der Waals surface area contributed by atoms with E-state index in [1.807, 2.05) is 53.4 Å². The molecular formula is C18H17BrClN3O. The number of anilines is 1. The molecule has 2 heterocycles. The average molecular weight is 407 g/mol. The number of hydrogen-bond acceptors (Lipinski definition) is 3. The molecule has 4 unspecified atom stereocenters. The van der Waals surface area contributed by atoms with Gasteiger partial charge in [0, 0.05) is 27.1 Å². The number of nitrogens with one attached hydrogen (secondary N) is 2. The van der Waals surface area contributed by atoms with Crippen LogP contribution in [0.5, 0.6) is 0 Å². The Balaban J connectivity index is 1.81. The predicted molar refractivity (Wildman–Crippen MR) is 98.8 cm³/mol. The number of carbonyl (C=O) groups is 1.